The third kappa shape index (κ3) is 24.8. The lowest BCUT2D eigenvalue weighted by atomic mass is 10.0. The Bertz CT molecular complexity index is 351. The zero-order valence-electron chi connectivity index (χ0n) is 23.5. The lowest BCUT2D eigenvalue weighted by molar-refractivity contribution is -0.896. The Kier molecular flexibility index (Phi) is 23.5. The van der Waals surface area contributed by atoms with E-state index in [9.17, 15) is 10.2 Å². The fourth-order valence-corrected chi connectivity index (χ4v) is 5.13. The number of likely N-dealkylation sites (N-methyl/N-ethyl adjacent to an activating group) is 1. The standard InChI is InChI=1S/C30H64NO2/c1-5-7-9-11-13-15-17-19-21-23-25-29(32)27-31(3,4)28-30(33)26-24-22-20-18-16-14-12-10-8-6-2/h29-30,32-33H,5-28H2,1-4H3/q+1. The van der Waals surface area contributed by atoms with Crippen LogP contribution in [0, 0.1) is 0 Å². The van der Waals surface area contributed by atoms with Crippen molar-refractivity contribution < 1.29 is 14.7 Å². The molecular formula is C30H64NO2+. The van der Waals surface area contributed by atoms with Gasteiger partial charge in [0.15, 0.2) is 0 Å². The highest BCUT2D eigenvalue weighted by atomic mass is 16.3. The number of aliphatic hydroxyl groups excluding tert-OH is 2. The third-order valence-electron chi connectivity index (χ3n) is 7.19. The van der Waals surface area contributed by atoms with Gasteiger partial charge >= 0.3 is 0 Å². The predicted molar refractivity (Wildman–Crippen MR) is 147 cm³/mol. The molecule has 0 amide bonds. The second kappa shape index (κ2) is 23.6. The molecule has 0 fully saturated rings. The second-order valence-electron chi connectivity index (χ2n) is 11.5. The number of quaternary nitrogens is 1. The van der Waals surface area contributed by atoms with Crippen LogP contribution in [-0.2, 0) is 0 Å². The van der Waals surface area contributed by atoms with Gasteiger partial charge < -0.3 is 14.7 Å². The molecule has 0 bridgehead atoms. The van der Waals surface area contributed by atoms with Gasteiger partial charge in [-0.05, 0) is 12.8 Å². The van der Waals surface area contributed by atoms with Crippen LogP contribution in [0.4, 0.5) is 0 Å². The third-order valence-corrected chi connectivity index (χ3v) is 7.19. The van der Waals surface area contributed by atoms with E-state index in [-0.39, 0.29) is 12.2 Å². The minimum atomic E-state index is -0.237. The summed E-state index contributed by atoms with van der Waals surface area (Å²) < 4.78 is 0.720. The van der Waals surface area contributed by atoms with Crippen molar-refractivity contribution in [1.82, 2.24) is 0 Å². The van der Waals surface area contributed by atoms with Crippen LogP contribution in [0.25, 0.3) is 0 Å². The Morgan fingerprint density at radius 3 is 0.939 bits per heavy atom. The normalized spacial score (nSPS) is 14.0. The lowest BCUT2D eigenvalue weighted by Gasteiger charge is -2.33. The van der Waals surface area contributed by atoms with Crippen LogP contribution >= 0.6 is 0 Å². The van der Waals surface area contributed by atoms with Gasteiger partial charge in [0.2, 0.25) is 0 Å². The van der Waals surface area contributed by atoms with Gasteiger partial charge in [-0.3, -0.25) is 0 Å². The maximum atomic E-state index is 10.5. The maximum absolute atomic E-state index is 10.5. The van der Waals surface area contributed by atoms with E-state index in [1.165, 1.54) is 116 Å². The van der Waals surface area contributed by atoms with Crippen molar-refractivity contribution in [2.24, 2.45) is 0 Å². The molecule has 0 rings (SSSR count). The number of rotatable bonds is 26. The highest BCUT2D eigenvalue weighted by Crippen LogP contribution is 2.15. The molecule has 0 saturated heterocycles. The Labute approximate surface area is 209 Å². The first-order valence-corrected chi connectivity index (χ1v) is 15.1. The van der Waals surface area contributed by atoms with E-state index in [1.807, 2.05) is 0 Å². The van der Waals surface area contributed by atoms with Crippen LogP contribution in [0.15, 0.2) is 0 Å². The second-order valence-corrected chi connectivity index (χ2v) is 11.5. The first-order chi connectivity index (χ1) is 15.9. The average Bonchev–Trinajstić information content (AvgIpc) is 2.75. The SMILES string of the molecule is CCCCCCCCCCCCC(O)C[N+](C)(C)CC(O)CCCCCCCCCCCC. The van der Waals surface area contributed by atoms with Crippen molar-refractivity contribution in [2.45, 2.75) is 167 Å². The first-order valence-electron chi connectivity index (χ1n) is 15.1. The van der Waals surface area contributed by atoms with Crippen molar-refractivity contribution in [3.05, 3.63) is 0 Å². The van der Waals surface area contributed by atoms with Gasteiger partial charge in [0.05, 0.1) is 14.1 Å². The van der Waals surface area contributed by atoms with Gasteiger partial charge in [-0.1, -0.05) is 142 Å². The number of hydrogen-bond acceptors (Lipinski definition) is 2. The van der Waals surface area contributed by atoms with Crippen molar-refractivity contribution in [2.75, 3.05) is 27.2 Å². The van der Waals surface area contributed by atoms with E-state index in [0.717, 1.165) is 43.3 Å². The molecule has 0 aliphatic rings. The molecule has 0 aliphatic heterocycles. The number of unbranched alkanes of at least 4 members (excludes halogenated alkanes) is 18. The molecule has 0 spiro atoms. The van der Waals surface area contributed by atoms with Crippen molar-refractivity contribution in [3.63, 3.8) is 0 Å². The van der Waals surface area contributed by atoms with Crippen molar-refractivity contribution >= 4 is 0 Å². The molecule has 3 nitrogen and oxygen atoms in total. The number of aliphatic hydroxyl groups is 2. The summed E-state index contributed by atoms with van der Waals surface area (Å²) in [6.07, 6.45) is 28.1. The summed E-state index contributed by atoms with van der Waals surface area (Å²) >= 11 is 0. The van der Waals surface area contributed by atoms with E-state index in [1.54, 1.807) is 0 Å². The molecule has 2 N–H and O–H groups in total. The molecule has 200 valence electrons. The molecule has 3 heteroatoms. The molecule has 0 radical (unpaired) electrons. The van der Waals surface area contributed by atoms with Crippen molar-refractivity contribution in [1.29, 1.82) is 0 Å². The lowest BCUT2D eigenvalue weighted by Crippen LogP contribution is -2.49. The summed E-state index contributed by atoms with van der Waals surface area (Å²) in [4.78, 5) is 0. The van der Waals surface area contributed by atoms with Crippen LogP contribution in [-0.4, -0.2) is 54.1 Å². The quantitative estimate of drug-likeness (QED) is 0.0983. The molecule has 33 heavy (non-hydrogen) atoms. The zero-order valence-corrected chi connectivity index (χ0v) is 23.5. The molecule has 0 aromatic rings. The predicted octanol–water partition coefficient (Wildman–Crippen LogP) is 8.41. The van der Waals surface area contributed by atoms with Gasteiger partial charge in [-0.2, -0.15) is 0 Å². The van der Waals surface area contributed by atoms with Gasteiger partial charge in [0, 0.05) is 0 Å². The van der Waals surface area contributed by atoms with E-state index >= 15 is 0 Å². The van der Waals surface area contributed by atoms with Crippen molar-refractivity contribution in [3.8, 4) is 0 Å². The summed E-state index contributed by atoms with van der Waals surface area (Å²) in [6, 6.07) is 0. The summed E-state index contributed by atoms with van der Waals surface area (Å²) in [5.74, 6) is 0. The molecule has 0 aliphatic carbocycles. The first kappa shape index (κ1) is 32.9. The fraction of sp³-hybridized carbons (Fsp3) is 1.00. The van der Waals surface area contributed by atoms with E-state index in [2.05, 4.69) is 27.9 Å². The number of nitrogens with zero attached hydrogens (tertiary/aromatic N) is 1. The van der Waals surface area contributed by atoms with Crippen LogP contribution in [0.5, 0.6) is 0 Å². The molecule has 0 aromatic carbocycles. The van der Waals surface area contributed by atoms with Gasteiger partial charge in [-0.15, -0.1) is 0 Å². The van der Waals surface area contributed by atoms with E-state index in [0.29, 0.717) is 0 Å². The summed E-state index contributed by atoms with van der Waals surface area (Å²) in [5.41, 5.74) is 0. The van der Waals surface area contributed by atoms with Crippen LogP contribution in [0.1, 0.15) is 155 Å². The summed E-state index contributed by atoms with van der Waals surface area (Å²) in [5, 5.41) is 21.0. The highest BCUT2D eigenvalue weighted by Gasteiger charge is 2.23. The van der Waals surface area contributed by atoms with Gasteiger partial charge in [0.25, 0.3) is 0 Å². The maximum Gasteiger partial charge on any atom is 0.105 e. The minimum absolute atomic E-state index is 0.237. The Morgan fingerprint density at radius 1 is 0.424 bits per heavy atom. The molecule has 0 heterocycles. The summed E-state index contributed by atoms with van der Waals surface area (Å²) in [6.45, 7) is 6.06. The van der Waals surface area contributed by atoms with Crippen LogP contribution in [0.2, 0.25) is 0 Å². The smallest absolute Gasteiger partial charge is 0.105 e. The minimum Gasteiger partial charge on any atom is -0.387 e. The van der Waals surface area contributed by atoms with Gasteiger partial charge in [0.1, 0.15) is 25.3 Å². The largest absolute Gasteiger partial charge is 0.387 e. The molecular weight excluding hydrogens is 406 g/mol. The highest BCUT2D eigenvalue weighted by molar-refractivity contribution is 4.60. The Morgan fingerprint density at radius 2 is 0.667 bits per heavy atom. The Balaban J connectivity index is 3.61. The van der Waals surface area contributed by atoms with Crippen LogP contribution in [0.3, 0.4) is 0 Å². The Hall–Kier alpha value is -0.120. The average molecular weight is 471 g/mol. The number of hydrogen-bond donors (Lipinski definition) is 2. The van der Waals surface area contributed by atoms with Gasteiger partial charge in [-0.25, -0.2) is 0 Å². The topological polar surface area (TPSA) is 40.5 Å². The molecule has 0 saturated carbocycles. The molecule has 0 aromatic heterocycles. The van der Waals surface area contributed by atoms with Crippen LogP contribution < -0.4 is 0 Å². The fourth-order valence-electron chi connectivity index (χ4n) is 5.13. The molecule has 2 atom stereocenters. The summed E-state index contributed by atoms with van der Waals surface area (Å²) in [7, 11) is 4.31. The molecule has 2 unspecified atom stereocenters. The zero-order chi connectivity index (χ0) is 24.6. The van der Waals surface area contributed by atoms with E-state index < -0.39 is 0 Å². The van der Waals surface area contributed by atoms with E-state index in [4.69, 9.17) is 0 Å². The monoisotopic (exact) mass is 470 g/mol.